The van der Waals surface area contributed by atoms with Gasteiger partial charge in [-0.2, -0.15) is 5.10 Å². The molecule has 0 amide bonds. The van der Waals surface area contributed by atoms with Crippen LogP contribution in [0, 0.1) is 6.92 Å². The second-order valence-electron chi connectivity index (χ2n) is 6.28. The summed E-state index contributed by atoms with van der Waals surface area (Å²) in [5, 5.41) is 4.51. The van der Waals surface area contributed by atoms with Gasteiger partial charge in [0.25, 0.3) is 0 Å². The van der Waals surface area contributed by atoms with Crippen molar-refractivity contribution in [3.63, 3.8) is 0 Å². The first-order valence-electron chi connectivity index (χ1n) is 8.44. The predicted octanol–water partition coefficient (Wildman–Crippen LogP) is 2.66. The van der Waals surface area contributed by atoms with Crippen LogP contribution in [0.15, 0.2) is 49.1 Å². The number of benzene rings is 1. The monoisotopic (exact) mass is 339 g/mol. The van der Waals surface area contributed by atoms with Gasteiger partial charge in [0.2, 0.25) is 0 Å². The number of hydrogen-bond donors (Lipinski definition) is 0. The molecule has 0 unspecified atom stereocenters. The topological polar surface area (TPSA) is 48.1 Å². The van der Waals surface area contributed by atoms with Gasteiger partial charge in [-0.1, -0.05) is 18.2 Å². The molecule has 25 heavy (non-hydrogen) atoms. The summed E-state index contributed by atoms with van der Waals surface area (Å²) in [5.74, 6) is 1.05. The molecule has 0 aliphatic rings. The third kappa shape index (κ3) is 4.35. The summed E-state index contributed by atoms with van der Waals surface area (Å²) in [6, 6.07) is 8.27. The molecule has 0 saturated heterocycles. The Morgan fingerprint density at radius 1 is 1.20 bits per heavy atom. The fourth-order valence-electron chi connectivity index (χ4n) is 2.89. The van der Waals surface area contributed by atoms with Crippen LogP contribution in [0.1, 0.15) is 17.0 Å². The molecule has 0 atom stereocenters. The van der Waals surface area contributed by atoms with E-state index in [4.69, 9.17) is 4.74 Å². The molecular weight excluding hydrogens is 314 g/mol. The number of aryl methyl sites for hydroxylation is 1. The number of hydrogen-bond acceptors (Lipinski definition) is 4. The molecule has 0 fully saturated rings. The Kier molecular flexibility index (Phi) is 5.63. The van der Waals surface area contributed by atoms with Crippen molar-refractivity contribution in [3.8, 4) is 5.69 Å². The van der Waals surface area contributed by atoms with Crippen molar-refractivity contribution in [1.29, 1.82) is 0 Å². The van der Waals surface area contributed by atoms with E-state index >= 15 is 0 Å². The lowest BCUT2D eigenvalue weighted by molar-refractivity contribution is 0.184. The van der Waals surface area contributed by atoms with Gasteiger partial charge in [-0.05, 0) is 25.6 Å². The van der Waals surface area contributed by atoms with Gasteiger partial charge in [0.15, 0.2) is 0 Å². The van der Waals surface area contributed by atoms with Crippen molar-refractivity contribution < 1.29 is 4.74 Å². The number of methoxy groups -OCH3 is 1. The molecule has 132 valence electrons. The van der Waals surface area contributed by atoms with Crippen LogP contribution in [-0.2, 0) is 24.4 Å². The highest BCUT2D eigenvalue weighted by molar-refractivity contribution is 5.39. The highest BCUT2D eigenvalue weighted by Crippen LogP contribution is 2.14. The number of rotatable bonds is 8. The van der Waals surface area contributed by atoms with Gasteiger partial charge < -0.3 is 9.30 Å². The van der Waals surface area contributed by atoms with Crippen LogP contribution < -0.4 is 0 Å². The van der Waals surface area contributed by atoms with Crippen LogP contribution in [0.2, 0.25) is 0 Å². The van der Waals surface area contributed by atoms with Crippen molar-refractivity contribution >= 4 is 0 Å². The summed E-state index contributed by atoms with van der Waals surface area (Å²) in [4.78, 5) is 6.70. The van der Waals surface area contributed by atoms with Crippen LogP contribution >= 0.6 is 0 Å². The zero-order valence-corrected chi connectivity index (χ0v) is 15.1. The van der Waals surface area contributed by atoms with Gasteiger partial charge in [-0.25, -0.2) is 9.67 Å². The minimum atomic E-state index is 0.691. The number of ether oxygens (including phenoxy) is 1. The number of para-hydroxylation sites is 1. The molecule has 2 heterocycles. The summed E-state index contributed by atoms with van der Waals surface area (Å²) in [6.07, 6.45) is 7.87. The maximum Gasteiger partial charge on any atom is 0.122 e. The highest BCUT2D eigenvalue weighted by Gasteiger charge is 2.09. The fraction of sp³-hybridized carbons (Fsp3) is 0.368. The largest absolute Gasteiger partial charge is 0.383 e. The third-order valence-electron chi connectivity index (χ3n) is 4.20. The first-order chi connectivity index (χ1) is 12.2. The van der Waals surface area contributed by atoms with Crippen LogP contribution in [0.5, 0.6) is 0 Å². The maximum atomic E-state index is 5.15. The molecule has 2 aromatic heterocycles. The van der Waals surface area contributed by atoms with Gasteiger partial charge in [0.05, 0.1) is 25.0 Å². The Hall–Kier alpha value is -2.44. The molecule has 0 bridgehead atoms. The van der Waals surface area contributed by atoms with E-state index in [1.54, 1.807) is 7.11 Å². The Bertz CT molecular complexity index is 808. The van der Waals surface area contributed by atoms with Gasteiger partial charge in [0, 0.05) is 44.4 Å². The fourth-order valence-corrected chi connectivity index (χ4v) is 2.89. The van der Waals surface area contributed by atoms with E-state index in [-0.39, 0.29) is 0 Å². The minimum absolute atomic E-state index is 0.691. The predicted molar refractivity (Wildman–Crippen MR) is 97.6 cm³/mol. The van der Waals surface area contributed by atoms with E-state index < -0.39 is 0 Å². The van der Waals surface area contributed by atoms with Crippen LogP contribution in [0.25, 0.3) is 5.69 Å². The van der Waals surface area contributed by atoms with Gasteiger partial charge in [-0.3, -0.25) is 4.90 Å². The van der Waals surface area contributed by atoms with Crippen molar-refractivity contribution in [3.05, 3.63) is 66.0 Å². The molecular formula is C19H25N5O. The van der Waals surface area contributed by atoms with Crippen molar-refractivity contribution in [2.75, 3.05) is 20.8 Å². The summed E-state index contributed by atoms with van der Waals surface area (Å²) < 4.78 is 9.23. The summed E-state index contributed by atoms with van der Waals surface area (Å²) in [7, 11) is 3.81. The third-order valence-corrected chi connectivity index (χ3v) is 4.20. The number of aromatic nitrogens is 4. The van der Waals surface area contributed by atoms with Crippen LogP contribution in [0.4, 0.5) is 0 Å². The molecule has 3 aromatic rings. The zero-order chi connectivity index (χ0) is 17.6. The van der Waals surface area contributed by atoms with E-state index in [0.29, 0.717) is 6.61 Å². The van der Waals surface area contributed by atoms with Crippen LogP contribution in [-0.4, -0.2) is 45.0 Å². The molecule has 1 aromatic carbocycles. The van der Waals surface area contributed by atoms with E-state index in [1.165, 1.54) is 11.1 Å². The van der Waals surface area contributed by atoms with Gasteiger partial charge >= 0.3 is 0 Å². The zero-order valence-electron chi connectivity index (χ0n) is 15.1. The lowest BCUT2D eigenvalue weighted by Crippen LogP contribution is -2.20. The molecule has 3 rings (SSSR count). The summed E-state index contributed by atoms with van der Waals surface area (Å²) >= 11 is 0. The molecule has 0 spiro atoms. The van der Waals surface area contributed by atoms with E-state index in [2.05, 4.69) is 51.9 Å². The first-order valence-corrected chi connectivity index (χ1v) is 8.44. The first kappa shape index (κ1) is 17.4. The Morgan fingerprint density at radius 3 is 2.84 bits per heavy atom. The maximum absolute atomic E-state index is 5.15. The molecule has 0 radical (unpaired) electrons. The average molecular weight is 339 g/mol. The molecule has 0 aliphatic heterocycles. The van der Waals surface area contributed by atoms with E-state index in [1.807, 2.05) is 35.4 Å². The van der Waals surface area contributed by atoms with Crippen molar-refractivity contribution in [2.45, 2.75) is 26.6 Å². The normalized spacial score (nSPS) is 11.4. The van der Waals surface area contributed by atoms with Crippen molar-refractivity contribution in [1.82, 2.24) is 24.2 Å². The molecule has 0 N–H and O–H groups in total. The molecule has 0 saturated carbocycles. The summed E-state index contributed by atoms with van der Waals surface area (Å²) in [5.41, 5.74) is 3.51. The van der Waals surface area contributed by atoms with E-state index in [9.17, 15) is 0 Å². The molecule has 0 aliphatic carbocycles. The Labute approximate surface area is 148 Å². The number of nitrogens with zero attached hydrogens (tertiary/aromatic N) is 5. The SMILES string of the molecule is COCCn1ccnc1CN(C)Cc1cnn(-c2ccccc2C)c1. The molecule has 6 nitrogen and oxygen atoms in total. The summed E-state index contributed by atoms with van der Waals surface area (Å²) in [6.45, 7) is 5.22. The Morgan fingerprint density at radius 2 is 2.04 bits per heavy atom. The highest BCUT2D eigenvalue weighted by atomic mass is 16.5. The van der Waals surface area contributed by atoms with E-state index in [0.717, 1.165) is 31.1 Å². The smallest absolute Gasteiger partial charge is 0.122 e. The minimum Gasteiger partial charge on any atom is -0.383 e. The Balaban J connectivity index is 1.63. The van der Waals surface area contributed by atoms with Crippen molar-refractivity contribution in [2.24, 2.45) is 0 Å². The average Bonchev–Trinajstić information content (AvgIpc) is 3.23. The second-order valence-corrected chi connectivity index (χ2v) is 6.28. The lowest BCUT2D eigenvalue weighted by atomic mass is 10.2. The number of imidazole rings is 1. The lowest BCUT2D eigenvalue weighted by Gasteiger charge is -2.16. The second kappa shape index (κ2) is 8.09. The molecule has 6 heteroatoms. The quantitative estimate of drug-likeness (QED) is 0.633. The van der Waals surface area contributed by atoms with Gasteiger partial charge in [-0.15, -0.1) is 0 Å². The van der Waals surface area contributed by atoms with Gasteiger partial charge in [0.1, 0.15) is 5.82 Å². The van der Waals surface area contributed by atoms with Crippen LogP contribution in [0.3, 0.4) is 0 Å². The standard InChI is InChI=1S/C19H25N5O/c1-16-6-4-5-7-18(16)24-14-17(12-21-24)13-22(2)15-19-20-8-9-23(19)10-11-25-3/h4-9,12,14H,10-11,13,15H2,1-3H3.